The Morgan fingerprint density at radius 2 is 1.37 bits per heavy atom. The zero-order valence-corrected chi connectivity index (χ0v) is 11.0. The van der Waals surface area contributed by atoms with Crippen molar-refractivity contribution in [3.8, 4) is 0 Å². The Bertz CT molecular complexity index is 818. The lowest BCUT2D eigenvalue weighted by Gasteiger charge is -2.12. The Hall–Kier alpha value is -2.35. The summed E-state index contributed by atoms with van der Waals surface area (Å²) in [5.74, 6) is -0.382. The van der Waals surface area contributed by atoms with Crippen LogP contribution in [0, 0.1) is 13.8 Å². The molecule has 0 heterocycles. The predicted molar refractivity (Wildman–Crippen MR) is 79.4 cm³/mol. The quantitative estimate of drug-likeness (QED) is 0.656. The van der Waals surface area contributed by atoms with Gasteiger partial charge in [0.05, 0.1) is 0 Å². The van der Waals surface area contributed by atoms with Crippen LogP contribution >= 0.6 is 0 Å². The van der Waals surface area contributed by atoms with Gasteiger partial charge < -0.3 is 5.73 Å². The smallest absolute Gasteiger partial charge is 0.248 e. The van der Waals surface area contributed by atoms with Gasteiger partial charge in [-0.05, 0) is 58.7 Å². The minimum atomic E-state index is -0.382. The average molecular weight is 249 g/mol. The Labute approximate surface area is 111 Å². The van der Waals surface area contributed by atoms with E-state index < -0.39 is 0 Å². The number of carbonyl (C=O) groups is 1. The third-order valence-corrected chi connectivity index (χ3v) is 3.85. The lowest BCUT2D eigenvalue weighted by molar-refractivity contribution is 0.100. The van der Waals surface area contributed by atoms with Crippen molar-refractivity contribution in [2.24, 2.45) is 5.73 Å². The third kappa shape index (κ3) is 1.68. The fourth-order valence-electron chi connectivity index (χ4n) is 2.76. The first kappa shape index (κ1) is 11.7. The molecule has 0 unspecified atom stereocenters. The van der Waals surface area contributed by atoms with Gasteiger partial charge in [0, 0.05) is 5.56 Å². The molecular weight excluding hydrogens is 234 g/mol. The van der Waals surface area contributed by atoms with Gasteiger partial charge in [0.15, 0.2) is 0 Å². The summed E-state index contributed by atoms with van der Waals surface area (Å²) in [7, 11) is 0. The molecular formula is C17H15NO. The summed E-state index contributed by atoms with van der Waals surface area (Å²) in [6, 6.07) is 14.0. The molecule has 0 spiro atoms. The molecule has 94 valence electrons. The first-order valence-corrected chi connectivity index (χ1v) is 6.31. The number of rotatable bonds is 1. The zero-order valence-electron chi connectivity index (χ0n) is 11.0. The van der Waals surface area contributed by atoms with Crippen molar-refractivity contribution in [2.75, 3.05) is 0 Å². The van der Waals surface area contributed by atoms with E-state index in [0.717, 1.165) is 5.39 Å². The van der Waals surface area contributed by atoms with E-state index in [2.05, 4.69) is 32.0 Å². The van der Waals surface area contributed by atoms with Crippen LogP contribution in [-0.4, -0.2) is 5.91 Å². The first-order chi connectivity index (χ1) is 9.09. The molecule has 2 nitrogen and oxygen atoms in total. The molecule has 0 saturated heterocycles. The van der Waals surface area contributed by atoms with Crippen LogP contribution in [-0.2, 0) is 0 Å². The molecule has 2 heteroatoms. The number of amides is 1. The van der Waals surface area contributed by atoms with E-state index in [9.17, 15) is 4.79 Å². The molecule has 3 aromatic carbocycles. The summed E-state index contributed by atoms with van der Waals surface area (Å²) in [6.45, 7) is 4.21. The highest BCUT2D eigenvalue weighted by molar-refractivity contribution is 6.07. The first-order valence-electron chi connectivity index (χ1n) is 6.31. The van der Waals surface area contributed by atoms with Gasteiger partial charge in [-0.3, -0.25) is 4.79 Å². The maximum Gasteiger partial charge on any atom is 0.248 e. The molecule has 19 heavy (non-hydrogen) atoms. The highest BCUT2D eigenvalue weighted by Crippen LogP contribution is 2.32. The van der Waals surface area contributed by atoms with Gasteiger partial charge in [-0.25, -0.2) is 0 Å². The molecule has 0 aliphatic rings. The van der Waals surface area contributed by atoms with E-state index in [-0.39, 0.29) is 5.91 Å². The summed E-state index contributed by atoms with van der Waals surface area (Å²) in [5, 5.41) is 4.78. The molecule has 0 aromatic heterocycles. The number of carbonyl (C=O) groups excluding carboxylic acids is 1. The number of primary amides is 1. The summed E-state index contributed by atoms with van der Waals surface area (Å²) < 4.78 is 0. The fourth-order valence-corrected chi connectivity index (χ4v) is 2.76. The minimum absolute atomic E-state index is 0.382. The number of hydrogen-bond donors (Lipinski definition) is 1. The Morgan fingerprint density at radius 1 is 0.842 bits per heavy atom. The van der Waals surface area contributed by atoms with Crippen LogP contribution in [0.2, 0.25) is 0 Å². The third-order valence-electron chi connectivity index (χ3n) is 3.85. The molecule has 0 atom stereocenters. The van der Waals surface area contributed by atoms with Gasteiger partial charge in [0.2, 0.25) is 5.91 Å². The Morgan fingerprint density at radius 3 is 1.95 bits per heavy atom. The van der Waals surface area contributed by atoms with Gasteiger partial charge in [-0.2, -0.15) is 0 Å². The standard InChI is InChI=1S/C17H15NO/c1-10-13-5-3-4-6-14(13)11(2)16-9-12(17(18)19)7-8-15(10)16/h3-9H,1-2H3,(H2,18,19). The number of fused-ring (bicyclic) bond motifs is 2. The van der Waals surface area contributed by atoms with Crippen molar-refractivity contribution in [1.29, 1.82) is 0 Å². The van der Waals surface area contributed by atoms with Gasteiger partial charge in [0.25, 0.3) is 0 Å². The van der Waals surface area contributed by atoms with E-state index in [0.29, 0.717) is 5.56 Å². The van der Waals surface area contributed by atoms with Crippen molar-refractivity contribution in [3.63, 3.8) is 0 Å². The maximum absolute atomic E-state index is 11.3. The van der Waals surface area contributed by atoms with Crippen LogP contribution in [0.1, 0.15) is 21.5 Å². The minimum Gasteiger partial charge on any atom is -0.366 e. The van der Waals surface area contributed by atoms with Gasteiger partial charge in [-0.1, -0.05) is 30.3 Å². The summed E-state index contributed by atoms with van der Waals surface area (Å²) >= 11 is 0. The van der Waals surface area contributed by atoms with E-state index in [1.807, 2.05) is 18.2 Å². The van der Waals surface area contributed by atoms with Crippen molar-refractivity contribution in [3.05, 3.63) is 59.2 Å². The molecule has 3 rings (SSSR count). The highest BCUT2D eigenvalue weighted by atomic mass is 16.1. The molecule has 0 radical (unpaired) electrons. The van der Waals surface area contributed by atoms with Crippen molar-refractivity contribution in [1.82, 2.24) is 0 Å². The molecule has 0 fully saturated rings. The molecule has 0 aliphatic carbocycles. The van der Waals surface area contributed by atoms with Crippen LogP contribution in [0.15, 0.2) is 42.5 Å². The Balaban J connectivity index is 2.52. The van der Waals surface area contributed by atoms with Gasteiger partial charge in [0.1, 0.15) is 0 Å². The van der Waals surface area contributed by atoms with Gasteiger partial charge in [-0.15, -0.1) is 0 Å². The van der Waals surface area contributed by atoms with Crippen LogP contribution in [0.4, 0.5) is 0 Å². The zero-order chi connectivity index (χ0) is 13.6. The number of nitrogens with two attached hydrogens (primary N) is 1. The van der Waals surface area contributed by atoms with Crippen LogP contribution in [0.3, 0.4) is 0 Å². The molecule has 3 aromatic rings. The second kappa shape index (κ2) is 4.09. The maximum atomic E-state index is 11.3. The monoisotopic (exact) mass is 249 g/mol. The topological polar surface area (TPSA) is 43.1 Å². The van der Waals surface area contributed by atoms with Gasteiger partial charge >= 0.3 is 0 Å². The Kier molecular flexibility index (Phi) is 2.53. The van der Waals surface area contributed by atoms with Crippen LogP contribution in [0.25, 0.3) is 21.5 Å². The summed E-state index contributed by atoms with van der Waals surface area (Å²) in [4.78, 5) is 11.3. The van der Waals surface area contributed by atoms with Crippen molar-refractivity contribution in [2.45, 2.75) is 13.8 Å². The summed E-state index contributed by atoms with van der Waals surface area (Å²) in [5.41, 5.74) is 8.36. The fraction of sp³-hybridized carbons (Fsp3) is 0.118. The highest BCUT2D eigenvalue weighted by Gasteiger charge is 2.10. The molecule has 0 bridgehead atoms. The molecule has 0 saturated carbocycles. The number of benzene rings is 3. The van der Waals surface area contributed by atoms with Crippen molar-refractivity contribution >= 4 is 27.5 Å². The molecule has 2 N–H and O–H groups in total. The van der Waals surface area contributed by atoms with E-state index in [4.69, 9.17) is 5.73 Å². The molecule has 0 aliphatic heterocycles. The largest absolute Gasteiger partial charge is 0.366 e. The van der Waals surface area contributed by atoms with E-state index in [1.54, 1.807) is 6.07 Å². The predicted octanol–water partition coefficient (Wildman–Crippen LogP) is 3.71. The van der Waals surface area contributed by atoms with Crippen LogP contribution < -0.4 is 5.73 Å². The summed E-state index contributed by atoms with van der Waals surface area (Å²) in [6.07, 6.45) is 0. The molecule has 1 amide bonds. The van der Waals surface area contributed by atoms with Crippen LogP contribution in [0.5, 0.6) is 0 Å². The van der Waals surface area contributed by atoms with Crippen molar-refractivity contribution < 1.29 is 4.79 Å². The number of hydrogen-bond acceptors (Lipinski definition) is 1. The van der Waals surface area contributed by atoms with E-state index >= 15 is 0 Å². The lowest BCUT2D eigenvalue weighted by Crippen LogP contribution is -2.10. The average Bonchev–Trinajstić information content (AvgIpc) is 2.44. The number of aryl methyl sites for hydroxylation is 2. The normalized spacial score (nSPS) is 11.1. The second-order valence-electron chi connectivity index (χ2n) is 4.92. The van der Waals surface area contributed by atoms with E-state index in [1.165, 1.54) is 27.3 Å². The lowest BCUT2D eigenvalue weighted by atomic mass is 9.92. The second-order valence-corrected chi connectivity index (χ2v) is 4.92. The SMILES string of the molecule is Cc1c2ccccc2c(C)c2cc(C(N)=O)ccc12.